The molecule has 1 amide bonds. The van der Waals surface area contributed by atoms with Crippen LogP contribution in [-0.2, 0) is 4.79 Å². The van der Waals surface area contributed by atoms with Crippen LogP contribution in [0.2, 0.25) is 0 Å². The van der Waals surface area contributed by atoms with E-state index in [4.69, 9.17) is 5.26 Å². The summed E-state index contributed by atoms with van der Waals surface area (Å²) in [5.74, 6) is 1.22. The zero-order valence-corrected chi connectivity index (χ0v) is 12.8. The normalized spacial score (nSPS) is 12.2. The average molecular weight is 271 g/mol. The summed E-state index contributed by atoms with van der Waals surface area (Å²) in [6.07, 6.45) is 4.15. The van der Waals surface area contributed by atoms with Gasteiger partial charge in [0, 0.05) is 38.4 Å². The second kappa shape index (κ2) is 10.2. The minimum absolute atomic E-state index is 0.121. The van der Waals surface area contributed by atoms with Gasteiger partial charge < -0.3 is 9.80 Å². The van der Waals surface area contributed by atoms with Gasteiger partial charge in [-0.15, -0.1) is 0 Å². The van der Waals surface area contributed by atoms with E-state index in [2.05, 4.69) is 31.2 Å². The van der Waals surface area contributed by atoms with Crippen LogP contribution in [0.15, 0.2) is 0 Å². The van der Waals surface area contributed by atoms with E-state index < -0.39 is 0 Å². The Labute approximate surface area is 115 Å². The van der Waals surface area contributed by atoms with Gasteiger partial charge in [-0.1, -0.05) is 6.92 Å². The Bertz CT molecular complexity index is 278. The third-order valence-corrected chi connectivity index (χ3v) is 3.83. The van der Waals surface area contributed by atoms with Crippen LogP contribution in [0.4, 0.5) is 0 Å². The fourth-order valence-electron chi connectivity index (χ4n) is 1.74. The van der Waals surface area contributed by atoms with Crippen molar-refractivity contribution in [3.05, 3.63) is 0 Å². The van der Waals surface area contributed by atoms with E-state index in [1.165, 1.54) is 0 Å². The smallest absolute Gasteiger partial charge is 0.223 e. The fourth-order valence-corrected chi connectivity index (χ4v) is 2.61. The highest BCUT2D eigenvalue weighted by atomic mass is 32.2. The van der Waals surface area contributed by atoms with Gasteiger partial charge in [-0.3, -0.25) is 4.79 Å². The molecule has 0 aliphatic carbocycles. The molecule has 0 heterocycles. The summed E-state index contributed by atoms with van der Waals surface area (Å²) < 4.78 is 0. The molecule has 0 N–H and O–H groups in total. The molecule has 4 nitrogen and oxygen atoms in total. The van der Waals surface area contributed by atoms with Gasteiger partial charge in [-0.25, -0.2) is 0 Å². The Hall–Kier alpha value is -0.730. The quantitative estimate of drug-likeness (QED) is 0.642. The maximum Gasteiger partial charge on any atom is 0.223 e. The minimum Gasteiger partial charge on any atom is -0.345 e. The third-order valence-electron chi connectivity index (χ3n) is 3.12. The lowest BCUT2D eigenvalue weighted by atomic mass is 10.2. The van der Waals surface area contributed by atoms with E-state index in [1.54, 1.807) is 11.9 Å². The summed E-state index contributed by atoms with van der Waals surface area (Å²) in [4.78, 5) is 15.7. The van der Waals surface area contributed by atoms with E-state index in [-0.39, 0.29) is 5.91 Å². The number of nitrogens with zero attached hydrogens (tertiary/aromatic N) is 3. The maximum atomic E-state index is 11.8. The lowest BCUT2D eigenvalue weighted by Gasteiger charge is -2.27. The molecule has 0 aliphatic heterocycles. The van der Waals surface area contributed by atoms with Gasteiger partial charge >= 0.3 is 0 Å². The number of rotatable bonds is 9. The molecule has 0 saturated carbocycles. The van der Waals surface area contributed by atoms with Gasteiger partial charge in [0.15, 0.2) is 0 Å². The number of nitriles is 1. The lowest BCUT2D eigenvalue weighted by molar-refractivity contribution is -0.130. The predicted octanol–water partition coefficient (Wildman–Crippen LogP) is 1.82. The summed E-state index contributed by atoms with van der Waals surface area (Å²) in [5, 5.41) is 8.48. The Morgan fingerprint density at radius 3 is 2.56 bits per heavy atom. The number of hydrogen-bond donors (Lipinski definition) is 0. The summed E-state index contributed by atoms with van der Waals surface area (Å²) in [7, 11) is 3.84. The van der Waals surface area contributed by atoms with Crippen LogP contribution in [-0.4, -0.2) is 60.9 Å². The molecule has 0 aliphatic rings. The molecule has 0 aromatic rings. The van der Waals surface area contributed by atoms with E-state index in [1.807, 2.05) is 11.8 Å². The predicted molar refractivity (Wildman–Crippen MR) is 77.6 cm³/mol. The molecule has 0 rings (SSSR count). The first kappa shape index (κ1) is 17.3. The molecule has 5 heteroatoms. The highest BCUT2D eigenvalue weighted by molar-refractivity contribution is 7.98. The number of thioether (sulfide) groups is 1. The molecule has 104 valence electrons. The molecule has 0 spiro atoms. The molecule has 0 aromatic carbocycles. The van der Waals surface area contributed by atoms with Crippen molar-refractivity contribution in [3.63, 3.8) is 0 Å². The first-order chi connectivity index (χ1) is 8.56. The van der Waals surface area contributed by atoms with Crippen molar-refractivity contribution in [2.45, 2.75) is 32.2 Å². The zero-order valence-electron chi connectivity index (χ0n) is 12.0. The van der Waals surface area contributed by atoms with Crippen molar-refractivity contribution in [2.75, 3.05) is 39.2 Å². The highest BCUT2D eigenvalue weighted by Crippen LogP contribution is 2.09. The molecule has 0 bridgehead atoms. The third kappa shape index (κ3) is 6.87. The van der Waals surface area contributed by atoms with Crippen molar-refractivity contribution >= 4 is 17.7 Å². The van der Waals surface area contributed by atoms with Crippen molar-refractivity contribution in [3.8, 4) is 6.07 Å². The van der Waals surface area contributed by atoms with Crippen molar-refractivity contribution < 1.29 is 4.79 Å². The number of carbonyl (C=O) groups excluding carboxylic acids is 1. The SMILES string of the molecule is CCC(CSC)N(C)CCC(=O)N(C)CCC#N. The van der Waals surface area contributed by atoms with E-state index in [0.29, 0.717) is 25.4 Å². The van der Waals surface area contributed by atoms with Crippen LogP contribution in [0.1, 0.15) is 26.2 Å². The zero-order chi connectivity index (χ0) is 14.0. The van der Waals surface area contributed by atoms with Crippen molar-refractivity contribution in [1.29, 1.82) is 5.26 Å². The lowest BCUT2D eigenvalue weighted by Crippen LogP contribution is -2.37. The Kier molecular flexibility index (Phi) is 9.80. The molecule has 0 saturated heterocycles. The Morgan fingerprint density at radius 2 is 2.06 bits per heavy atom. The molecular formula is C13H25N3OS. The van der Waals surface area contributed by atoms with Gasteiger partial charge in [0.2, 0.25) is 5.91 Å². The van der Waals surface area contributed by atoms with Gasteiger partial charge in [0.1, 0.15) is 0 Å². The van der Waals surface area contributed by atoms with Crippen LogP contribution in [0.5, 0.6) is 0 Å². The van der Waals surface area contributed by atoms with Gasteiger partial charge in [0.25, 0.3) is 0 Å². The number of hydrogen-bond acceptors (Lipinski definition) is 4. The maximum absolute atomic E-state index is 11.8. The first-order valence-electron chi connectivity index (χ1n) is 6.36. The summed E-state index contributed by atoms with van der Waals surface area (Å²) in [5.41, 5.74) is 0. The summed E-state index contributed by atoms with van der Waals surface area (Å²) >= 11 is 1.84. The second-order valence-electron chi connectivity index (χ2n) is 4.47. The fraction of sp³-hybridized carbons (Fsp3) is 0.846. The Balaban J connectivity index is 3.99. The highest BCUT2D eigenvalue weighted by Gasteiger charge is 2.14. The molecule has 1 atom stereocenters. The first-order valence-corrected chi connectivity index (χ1v) is 7.76. The number of carbonyl (C=O) groups is 1. The largest absolute Gasteiger partial charge is 0.345 e. The molecule has 18 heavy (non-hydrogen) atoms. The van der Waals surface area contributed by atoms with Gasteiger partial charge in [0.05, 0.1) is 12.5 Å². The molecular weight excluding hydrogens is 246 g/mol. The summed E-state index contributed by atoms with van der Waals surface area (Å²) in [6.45, 7) is 3.49. The second-order valence-corrected chi connectivity index (χ2v) is 5.38. The van der Waals surface area contributed by atoms with Gasteiger partial charge in [-0.2, -0.15) is 17.0 Å². The van der Waals surface area contributed by atoms with E-state index in [0.717, 1.165) is 18.7 Å². The average Bonchev–Trinajstić information content (AvgIpc) is 2.38. The van der Waals surface area contributed by atoms with Crippen LogP contribution in [0.3, 0.4) is 0 Å². The van der Waals surface area contributed by atoms with Crippen LogP contribution in [0, 0.1) is 11.3 Å². The standard InChI is InChI=1S/C13H25N3OS/c1-5-12(11-18-4)15(2)10-7-13(17)16(3)9-6-8-14/h12H,5-7,9-11H2,1-4H3. The monoisotopic (exact) mass is 271 g/mol. The van der Waals surface area contributed by atoms with Crippen LogP contribution < -0.4 is 0 Å². The molecule has 0 radical (unpaired) electrons. The molecule has 1 unspecified atom stereocenters. The van der Waals surface area contributed by atoms with Gasteiger partial charge in [-0.05, 0) is 19.7 Å². The topological polar surface area (TPSA) is 47.3 Å². The Morgan fingerprint density at radius 1 is 1.39 bits per heavy atom. The van der Waals surface area contributed by atoms with Crippen molar-refractivity contribution in [1.82, 2.24) is 9.80 Å². The molecule has 0 fully saturated rings. The summed E-state index contributed by atoms with van der Waals surface area (Å²) in [6, 6.07) is 2.59. The molecule has 0 aromatic heterocycles. The minimum atomic E-state index is 0.121. The number of amides is 1. The van der Waals surface area contributed by atoms with Crippen LogP contribution in [0.25, 0.3) is 0 Å². The van der Waals surface area contributed by atoms with Crippen LogP contribution >= 0.6 is 11.8 Å². The van der Waals surface area contributed by atoms with Crippen molar-refractivity contribution in [2.24, 2.45) is 0 Å². The van der Waals surface area contributed by atoms with E-state index >= 15 is 0 Å². The van der Waals surface area contributed by atoms with E-state index in [9.17, 15) is 4.79 Å².